The minimum Gasteiger partial charge on any atom is -0.354 e. The molecule has 0 aliphatic carbocycles. The van der Waals surface area contributed by atoms with Gasteiger partial charge in [0, 0.05) is 18.6 Å². The van der Waals surface area contributed by atoms with Crippen LogP contribution in [0.3, 0.4) is 0 Å². The van der Waals surface area contributed by atoms with Crippen molar-refractivity contribution >= 4 is 30.7 Å². The second-order valence-electron chi connectivity index (χ2n) is 9.28. The Morgan fingerprint density at radius 2 is 1.56 bits per heavy atom. The number of rotatable bonds is 5. The Hall–Kier alpha value is -1.59. The molecule has 5 rings (SSSR count). The summed E-state index contributed by atoms with van der Waals surface area (Å²) in [6.07, 6.45) is 5.28. The number of hydrogen-bond donors (Lipinski definition) is 2. The van der Waals surface area contributed by atoms with E-state index >= 15 is 0 Å². The Balaban J connectivity index is 0.00000144. The van der Waals surface area contributed by atoms with Gasteiger partial charge in [0.15, 0.2) is 0 Å². The van der Waals surface area contributed by atoms with E-state index in [9.17, 15) is 4.79 Å². The zero-order valence-corrected chi connectivity index (χ0v) is 20.1. The number of benzene rings is 2. The van der Waals surface area contributed by atoms with Gasteiger partial charge in [-0.1, -0.05) is 67.1 Å². The van der Waals surface area contributed by atoms with Gasteiger partial charge in [-0.3, -0.25) is 9.69 Å². The number of carbonyl (C=O) groups is 1. The van der Waals surface area contributed by atoms with Gasteiger partial charge in [0.1, 0.15) is 0 Å². The molecule has 3 aliphatic rings. The van der Waals surface area contributed by atoms with Crippen molar-refractivity contribution in [3.8, 4) is 0 Å². The van der Waals surface area contributed by atoms with Gasteiger partial charge in [-0.25, -0.2) is 0 Å². The lowest BCUT2D eigenvalue weighted by atomic mass is 9.73. The first-order valence-electron chi connectivity index (χ1n) is 11.7. The van der Waals surface area contributed by atoms with Crippen molar-refractivity contribution in [3.63, 3.8) is 0 Å². The van der Waals surface area contributed by atoms with Gasteiger partial charge in [0.25, 0.3) is 0 Å². The second kappa shape index (κ2) is 11.5. The van der Waals surface area contributed by atoms with Gasteiger partial charge < -0.3 is 10.6 Å². The molecule has 174 valence electrons. The number of carbonyl (C=O) groups excluding carboxylic acids is 1. The van der Waals surface area contributed by atoms with Crippen LogP contribution in [-0.2, 0) is 4.79 Å². The van der Waals surface area contributed by atoms with E-state index in [1.54, 1.807) is 0 Å². The smallest absolute Gasteiger partial charge is 0.232 e. The molecule has 2 aromatic rings. The predicted molar refractivity (Wildman–Crippen MR) is 135 cm³/mol. The lowest BCUT2D eigenvalue weighted by Crippen LogP contribution is -2.65. The Morgan fingerprint density at radius 3 is 2.22 bits per heavy atom. The molecule has 0 unspecified atom stereocenters. The van der Waals surface area contributed by atoms with Crippen LogP contribution in [0.4, 0.5) is 0 Å². The summed E-state index contributed by atoms with van der Waals surface area (Å²) in [7, 11) is 0. The molecule has 0 saturated carbocycles. The highest BCUT2D eigenvalue weighted by Crippen LogP contribution is 2.39. The second-order valence-corrected chi connectivity index (χ2v) is 9.28. The van der Waals surface area contributed by atoms with Crippen LogP contribution in [0.25, 0.3) is 0 Å². The Kier molecular flexibility index (Phi) is 9.01. The molecule has 3 heterocycles. The molecule has 2 bridgehead atoms. The van der Waals surface area contributed by atoms with Crippen molar-refractivity contribution in [1.29, 1.82) is 0 Å². The van der Waals surface area contributed by atoms with Gasteiger partial charge in [0.05, 0.1) is 5.92 Å². The maximum absolute atomic E-state index is 13.5. The van der Waals surface area contributed by atoms with Crippen LogP contribution < -0.4 is 10.6 Å². The van der Waals surface area contributed by atoms with Crippen molar-refractivity contribution in [2.75, 3.05) is 26.2 Å². The van der Waals surface area contributed by atoms with E-state index in [0.29, 0.717) is 18.0 Å². The van der Waals surface area contributed by atoms with Crippen LogP contribution in [0.15, 0.2) is 60.7 Å². The average molecular weight is 476 g/mol. The lowest BCUT2D eigenvalue weighted by Gasteiger charge is -2.55. The maximum atomic E-state index is 13.5. The molecular formula is C26H35Cl2N3O. The van der Waals surface area contributed by atoms with Gasteiger partial charge in [0.2, 0.25) is 5.91 Å². The Bertz CT molecular complexity index is 811. The van der Waals surface area contributed by atoms with Crippen molar-refractivity contribution < 1.29 is 4.79 Å². The first-order chi connectivity index (χ1) is 14.8. The molecule has 2 N–H and O–H groups in total. The summed E-state index contributed by atoms with van der Waals surface area (Å²) in [6, 6.07) is 21.5. The van der Waals surface area contributed by atoms with E-state index in [-0.39, 0.29) is 36.6 Å². The van der Waals surface area contributed by atoms with Crippen molar-refractivity contribution in [2.24, 2.45) is 11.8 Å². The van der Waals surface area contributed by atoms with Crippen molar-refractivity contribution in [1.82, 2.24) is 15.5 Å². The molecule has 3 fully saturated rings. The van der Waals surface area contributed by atoms with Crippen molar-refractivity contribution in [2.45, 2.75) is 43.7 Å². The van der Waals surface area contributed by atoms with Crippen LogP contribution in [0.5, 0.6) is 0 Å². The molecule has 32 heavy (non-hydrogen) atoms. The number of amides is 1. The lowest BCUT2D eigenvalue weighted by molar-refractivity contribution is -0.122. The number of nitrogens with one attached hydrogen (secondary N) is 2. The van der Waals surface area contributed by atoms with Crippen LogP contribution in [-0.4, -0.2) is 49.1 Å². The third-order valence-electron chi connectivity index (χ3n) is 7.54. The fourth-order valence-electron chi connectivity index (χ4n) is 6.14. The highest BCUT2D eigenvalue weighted by atomic mass is 35.5. The van der Waals surface area contributed by atoms with Gasteiger partial charge in [-0.15, -0.1) is 24.8 Å². The average Bonchev–Trinajstić information content (AvgIpc) is 2.81. The zero-order chi connectivity index (χ0) is 20.3. The van der Waals surface area contributed by atoms with Gasteiger partial charge >= 0.3 is 0 Å². The molecule has 0 spiro atoms. The molecule has 4 atom stereocenters. The number of halogens is 2. The van der Waals surface area contributed by atoms with Gasteiger partial charge in [-0.05, 0) is 61.9 Å². The summed E-state index contributed by atoms with van der Waals surface area (Å²) in [5.41, 5.74) is 2.11. The minimum absolute atomic E-state index is 0. The monoisotopic (exact) mass is 475 g/mol. The summed E-state index contributed by atoms with van der Waals surface area (Å²) in [5.74, 6) is 1.29. The first-order valence-corrected chi connectivity index (χ1v) is 11.7. The molecule has 1 amide bonds. The summed E-state index contributed by atoms with van der Waals surface area (Å²) < 4.78 is 0. The first kappa shape index (κ1) is 25.0. The van der Waals surface area contributed by atoms with E-state index < -0.39 is 0 Å². The largest absolute Gasteiger partial charge is 0.354 e. The van der Waals surface area contributed by atoms with Gasteiger partial charge in [-0.2, -0.15) is 0 Å². The highest BCUT2D eigenvalue weighted by Gasteiger charge is 2.45. The zero-order valence-electron chi connectivity index (χ0n) is 18.5. The van der Waals surface area contributed by atoms with E-state index in [0.717, 1.165) is 30.1 Å². The summed E-state index contributed by atoms with van der Waals surface area (Å²) >= 11 is 0. The standard InChI is InChI=1S/C26H33N3O.2ClH/c30-26(25(19-9-3-1-4-10-19)20-11-5-2-6-12-20)28-18-24-22-15-21(16-27-17-22)23-13-7-8-14-29(23)24;;/h1-6,9-12,21-25,27H,7-8,13-18H2,(H,28,30);2*1H/t21-,22+,23+,24+;;/m1../s1. The molecular weight excluding hydrogens is 441 g/mol. The number of piperidine rings is 3. The molecule has 2 aromatic carbocycles. The quantitative estimate of drug-likeness (QED) is 0.679. The van der Waals surface area contributed by atoms with E-state index in [1.807, 2.05) is 36.4 Å². The SMILES string of the molecule is Cl.Cl.O=C(NC[C@H]1[C@@H]2CNC[C@@H](C2)[C@@H]2CCCCN21)C(c1ccccc1)c1ccccc1. The Labute approximate surface area is 204 Å². The number of nitrogens with zero attached hydrogens (tertiary/aromatic N) is 1. The van der Waals surface area contributed by atoms with Crippen LogP contribution in [0.2, 0.25) is 0 Å². The topological polar surface area (TPSA) is 44.4 Å². The fraction of sp³-hybridized carbons (Fsp3) is 0.500. The number of hydrogen-bond acceptors (Lipinski definition) is 3. The minimum atomic E-state index is -0.259. The highest BCUT2D eigenvalue weighted by molar-refractivity contribution is 5.87. The van der Waals surface area contributed by atoms with Crippen LogP contribution in [0.1, 0.15) is 42.7 Å². The Morgan fingerprint density at radius 1 is 0.938 bits per heavy atom. The fourth-order valence-corrected chi connectivity index (χ4v) is 6.14. The molecule has 3 aliphatic heterocycles. The number of fused-ring (bicyclic) bond motifs is 4. The van der Waals surface area contributed by atoms with Crippen molar-refractivity contribution in [3.05, 3.63) is 71.8 Å². The van der Waals surface area contributed by atoms with E-state index in [4.69, 9.17) is 0 Å². The third-order valence-corrected chi connectivity index (χ3v) is 7.54. The summed E-state index contributed by atoms with van der Waals surface area (Å²) in [6.45, 7) is 4.20. The van der Waals surface area contributed by atoms with E-state index in [2.05, 4.69) is 39.8 Å². The molecule has 3 saturated heterocycles. The summed E-state index contributed by atoms with van der Waals surface area (Å²) in [5, 5.41) is 7.05. The maximum Gasteiger partial charge on any atom is 0.232 e. The predicted octanol–water partition coefficient (Wildman–Crippen LogP) is 4.24. The normalized spacial score (nSPS) is 26.9. The molecule has 4 nitrogen and oxygen atoms in total. The molecule has 6 heteroatoms. The summed E-state index contributed by atoms with van der Waals surface area (Å²) in [4.78, 5) is 16.2. The molecule has 0 radical (unpaired) electrons. The van der Waals surface area contributed by atoms with E-state index in [1.165, 1.54) is 38.8 Å². The third kappa shape index (κ3) is 5.14. The van der Waals surface area contributed by atoms with Crippen LogP contribution in [0, 0.1) is 11.8 Å². The molecule has 0 aromatic heterocycles. The van der Waals surface area contributed by atoms with Crippen LogP contribution >= 0.6 is 24.8 Å².